The minimum Gasteiger partial charge on any atom is -0.481 e. The van der Waals surface area contributed by atoms with Gasteiger partial charge >= 0.3 is 6.09 Å². The Bertz CT molecular complexity index is 1050. The summed E-state index contributed by atoms with van der Waals surface area (Å²) in [5.74, 6) is -0.658. The van der Waals surface area contributed by atoms with E-state index in [1.165, 1.54) is 34.9 Å². The van der Waals surface area contributed by atoms with Crippen LogP contribution in [0.2, 0.25) is 0 Å². The molecule has 3 aromatic rings. The lowest BCUT2D eigenvalue weighted by Gasteiger charge is -2.18. The molecule has 0 saturated carbocycles. The normalized spacial score (nSPS) is 8.41. The van der Waals surface area contributed by atoms with Crippen LogP contribution in [0.5, 0.6) is 0 Å². The topological polar surface area (TPSA) is 192 Å². The van der Waals surface area contributed by atoms with Crippen LogP contribution in [-0.2, 0) is 9.53 Å². The molecule has 0 aliphatic rings. The molecule has 3 rings (SSSR count). The SMILES string of the molecule is C.C.CC(=O)O.CC(=O)c1cccnc1.CC(=O)c1cccnc1.CC(=O)c1cccnc1.CN.CNC(=O)OC(C)(C)C. The number of carbonyl (C=O) groups excluding carboxylic acids is 4. The second-order valence-electron chi connectivity index (χ2n) is 8.66. The minimum absolute atomic E-state index is 0. The molecule has 12 heteroatoms. The molecular weight excluding hydrogens is 566 g/mol. The number of carboxylic acids is 1. The van der Waals surface area contributed by atoms with Gasteiger partial charge in [-0.05, 0) is 85.0 Å². The number of nitrogens with one attached hydrogen (secondary N) is 1. The number of alkyl carbamates (subject to hydrolysis) is 1. The van der Waals surface area contributed by atoms with Gasteiger partial charge in [0.15, 0.2) is 17.3 Å². The number of carboxylic acid groups (broad SMARTS) is 1. The van der Waals surface area contributed by atoms with E-state index in [2.05, 4.69) is 26.0 Å². The maximum atomic E-state index is 10.6. The van der Waals surface area contributed by atoms with Gasteiger partial charge in [-0.3, -0.25) is 34.1 Å². The zero-order chi connectivity index (χ0) is 33.1. The van der Waals surface area contributed by atoms with Gasteiger partial charge in [0.25, 0.3) is 5.97 Å². The van der Waals surface area contributed by atoms with Crippen molar-refractivity contribution in [3.8, 4) is 0 Å². The highest BCUT2D eigenvalue weighted by Crippen LogP contribution is 2.05. The fourth-order valence-corrected chi connectivity index (χ4v) is 2.04. The first-order valence-electron chi connectivity index (χ1n) is 12.5. The number of hydrogen-bond donors (Lipinski definition) is 3. The second-order valence-corrected chi connectivity index (χ2v) is 8.66. The monoisotopic (exact) mass is 617 g/mol. The van der Waals surface area contributed by atoms with Crippen molar-refractivity contribution in [2.45, 2.75) is 68.9 Å². The van der Waals surface area contributed by atoms with E-state index in [1.54, 1.807) is 73.6 Å². The average molecular weight is 618 g/mol. The number of aliphatic carboxylic acids is 1. The Morgan fingerprint density at radius 3 is 1.02 bits per heavy atom. The number of rotatable bonds is 3. The fraction of sp³-hybridized carbons (Fsp3) is 0.375. The van der Waals surface area contributed by atoms with Crippen LogP contribution in [0.25, 0.3) is 0 Å². The Kier molecular flexibility index (Phi) is 32.9. The molecule has 3 aromatic heterocycles. The van der Waals surface area contributed by atoms with Crippen LogP contribution in [0.15, 0.2) is 73.6 Å². The molecule has 0 atom stereocenters. The first kappa shape index (κ1) is 48.9. The predicted molar refractivity (Wildman–Crippen MR) is 175 cm³/mol. The largest absolute Gasteiger partial charge is 0.481 e. The standard InChI is InChI=1S/3C7H7NO.C6H13NO2.C2H4O2.CH5N.2CH4/c3*1-6(9)7-3-2-4-8-5-7;1-6(2,3)9-5(8)7-4;1-2(3)4;1-2;;/h3*2-5H,1H3;1-4H3,(H,7,8);1H3,(H,3,4);2H2,1H3;2*1H4. The predicted octanol–water partition coefficient (Wildman–Crippen LogP) is 5.93. The molecular formula is C32H51N5O7. The van der Waals surface area contributed by atoms with Crippen molar-refractivity contribution in [1.82, 2.24) is 20.3 Å². The molecule has 4 N–H and O–H groups in total. The summed E-state index contributed by atoms with van der Waals surface area (Å²) in [6.45, 7) is 11.1. The van der Waals surface area contributed by atoms with E-state index in [0.29, 0.717) is 16.7 Å². The molecule has 0 unspecified atom stereocenters. The lowest BCUT2D eigenvalue weighted by atomic mass is 10.2. The van der Waals surface area contributed by atoms with E-state index in [0.717, 1.165) is 6.92 Å². The van der Waals surface area contributed by atoms with Crippen molar-refractivity contribution >= 4 is 29.4 Å². The van der Waals surface area contributed by atoms with Gasteiger partial charge in [0.1, 0.15) is 5.60 Å². The van der Waals surface area contributed by atoms with E-state index < -0.39 is 5.97 Å². The van der Waals surface area contributed by atoms with E-state index >= 15 is 0 Å². The highest BCUT2D eigenvalue weighted by molar-refractivity contribution is 5.94. The highest BCUT2D eigenvalue weighted by Gasteiger charge is 2.14. The number of ether oxygens (including phenoxy) is 1. The molecule has 1 amide bonds. The number of nitrogens with two attached hydrogens (primary N) is 1. The summed E-state index contributed by atoms with van der Waals surface area (Å²) in [7, 11) is 3.04. The number of carbonyl (C=O) groups is 5. The van der Waals surface area contributed by atoms with Crippen molar-refractivity contribution in [1.29, 1.82) is 0 Å². The maximum Gasteiger partial charge on any atom is 0.407 e. The summed E-state index contributed by atoms with van der Waals surface area (Å²) >= 11 is 0. The Hall–Kier alpha value is -4.84. The third-order valence-corrected chi connectivity index (χ3v) is 3.81. The quantitative estimate of drug-likeness (QED) is 0.295. The number of ketones is 3. The number of aromatic nitrogens is 3. The van der Waals surface area contributed by atoms with Crippen LogP contribution in [0.4, 0.5) is 4.79 Å². The molecule has 0 radical (unpaired) electrons. The van der Waals surface area contributed by atoms with E-state index in [4.69, 9.17) is 14.6 Å². The summed E-state index contributed by atoms with van der Waals surface area (Å²) in [6.07, 6.45) is 9.22. The Morgan fingerprint density at radius 2 is 0.932 bits per heavy atom. The number of amides is 1. The molecule has 0 spiro atoms. The summed E-state index contributed by atoms with van der Waals surface area (Å²) in [4.78, 5) is 62.7. The van der Waals surface area contributed by atoms with Gasteiger partial charge in [0.2, 0.25) is 0 Å². The van der Waals surface area contributed by atoms with E-state index in [1.807, 2.05) is 20.8 Å². The fourth-order valence-electron chi connectivity index (χ4n) is 2.04. The highest BCUT2D eigenvalue weighted by atomic mass is 16.6. The van der Waals surface area contributed by atoms with Crippen LogP contribution in [0, 0.1) is 0 Å². The van der Waals surface area contributed by atoms with Crippen molar-refractivity contribution in [2.75, 3.05) is 14.1 Å². The molecule has 0 bridgehead atoms. The Balaban J connectivity index is -0.000000143. The third-order valence-electron chi connectivity index (χ3n) is 3.81. The summed E-state index contributed by atoms with van der Waals surface area (Å²) < 4.78 is 4.84. The second kappa shape index (κ2) is 29.6. The summed E-state index contributed by atoms with van der Waals surface area (Å²) in [5, 5.41) is 9.78. The van der Waals surface area contributed by atoms with Crippen LogP contribution in [0.1, 0.15) is 94.4 Å². The van der Waals surface area contributed by atoms with Gasteiger partial charge in [0, 0.05) is 67.8 Å². The van der Waals surface area contributed by atoms with Gasteiger partial charge in [-0.15, -0.1) is 0 Å². The maximum absolute atomic E-state index is 10.6. The van der Waals surface area contributed by atoms with Crippen molar-refractivity contribution in [3.63, 3.8) is 0 Å². The lowest BCUT2D eigenvalue weighted by molar-refractivity contribution is -0.134. The number of Topliss-reactive ketones (excluding diaryl/α,β-unsaturated/α-hetero) is 3. The molecule has 44 heavy (non-hydrogen) atoms. The molecule has 0 aliphatic carbocycles. The minimum atomic E-state index is -0.833. The summed E-state index contributed by atoms with van der Waals surface area (Å²) in [5.41, 5.74) is 6.10. The van der Waals surface area contributed by atoms with Crippen molar-refractivity contribution in [2.24, 2.45) is 5.73 Å². The molecule has 12 nitrogen and oxygen atoms in total. The molecule has 0 aromatic carbocycles. The van der Waals surface area contributed by atoms with Crippen LogP contribution in [-0.4, -0.2) is 69.2 Å². The van der Waals surface area contributed by atoms with Gasteiger partial charge in [-0.25, -0.2) is 4.79 Å². The molecule has 0 fully saturated rings. The van der Waals surface area contributed by atoms with Crippen molar-refractivity contribution < 1.29 is 33.8 Å². The first-order chi connectivity index (χ1) is 19.6. The molecule has 0 aliphatic heterocycles. The number of pyridine rings is 3. The van der Waals surface area contributed by atoms with Gasteiger partial charge in [-0.1, -0.05) is 14.9 Å². The molecule has 3 heterocycles. The first-order valence-corrected chi connectivity index (χ1v) is 12.5. The van der Waals surface area contributed by atoms with Crippen LogP contribution < -0.4 is 11.1 Å². The Morgan fingerprint density at radius 1 is 0.682 bits per heavy atom. The van der Waals surface area contributed by atoms with Gasteiger partial charge < -0.3 is 20.9 Å². The molecule has 0 saturated heterocycles. The zero-order valence-electron chi connectivity index (χ0n) is 25.7. The van der Waals surface area contributed by atoms with E-state index in [-0.39, 0.29) is 43.9 Å². The summed E-state index contributed by atoms with van der Waals surface area (Å²) in [6, 6.07) is 10.5. The Labute approximate surface area is 262 Å². The number of nitrogens with zero attached hydrogens (tertiary/aromatic N) is 3. The van der Waals surface area contributed by atoms with Crippen molar-refractivity contribution in [3.05, 3.63) is 90.3 Å². The molecule has 246 valence electrons. The van der Waals surface area contributed by atoms with Crippen LogP contribution >= 0.6 is 0 Å². The van der Waals surface area contributed by atoms with Crippen LogP contribution in [0.3, 0.4) is 0 Å². The smallest absolute Gasteiger partial charge is 0.407 e. The van der Waals surface area contributed by atoms with Gasteiger partial charge in [-0.2, -0.15) is 0 Å². The zero-order valence-corrected chi connectivity index (χ0v) is 25.7. The lowest BCUT2D eigenvalue weighted by Crippen LogP contribution is -2.30. The van der Waals surface area contributed by atoms with E-state index in [9.17, 15) is 19.2 Å². The van der Waals surface area contributed by atoms with Gasteiger partial charge in [0.05, 0.1) is 0 Å². The average Bonchev–Trinajstić information content (AvgIpc) is 2.95. The third kappa shape index (κ3) is 33.4. The number of hydrogen-bond acceptors (Lipinski definition) is 10.